The van der Waals surface area contributed by atoms with Crippen molar-refractivity contribution in [2.45, 2.75) is 0 Å². The van der Waals surface area contributed by atoms with Crippen LogP contribution in [0.3, 0.4) is 0 Å². The Morgan fingerprint density at radius 3 is 3.14 bits per heavy atom. The summed E-state index contributed by atoms with van der Waals surface area (Å²) in [6.45, 7) is 0.326. The molecular weight excluding hydrogens is 184 g/mol. The summed E-state index contributed by atoms with van der Waals surface area (Å²) in [6.07, 6.45) is 4.51. The van der Waals surface area contributed by atoms with Gasteiger partial charge in [-0.2, -0.15) is 0 Å². The maximum atomic E-state index is 10.1. The van der Waals surface area contributed by atoms with Crippen LogP contribution in [0, 0.1) is 0 Å². The van der Waals surface area contributed by atoms with Crippen molar-refractivity contribution < 1.29 is 14.1 Å². The van der Waals surface area contributed by atoms with Crippen LogP contribution in [0.1, 0.15) is 0 Å². The van der Waals surface area contributed by atoms with Crippen LogP contribution >= 0.6 is 0 Å². The fourth-order valence-electron chi connectivity index (χ4n) is 1.06. The van der Waals surface area contributed by atoms with Crippen molar-refractivity contribution in [2.75, 3.05) is 0 Å². The molecule has 0 aromatic carbocycles. The molecule has 0 aliphatic carbocycles. The van der Waals surface area contributed by atoms with E-state index in [0.29, 0.717) is 12.2 Å². The maximum absolute atomic E-state index is 10.1. The summed E-state index contributed by atoms with van der Waals surface area (Å²) in [5, 5.41) is 3.71. The predicted octanol–water partition coefficient (Wildman–Crippen LogP) is 1.27. The number of carbonyl (C=O) groups is 1. The van der Waals surface area contributed by atoms with Gasteiger partial charge < -0.3 is 9.26 Å². The van der Waals surface area contributed by atoms with E-state index in [4.69, 9.17) is 4.52 Å². The van der Waals surface area contributed by atoms with Crippen LogP contribution in [0.5, 0.6) is 5.75 Å². The lowest BCUT2D eigenvalue weighted by molar-refractivity contribution is -0.120. The quantitative estimate of drug-likeness (QED) is 0.682. The van der Waals surface area contributed by atoms with E-state index in [1.54, 1.807) is 24.5 Å². The molecule has 0 radical (unpaired) electrons. The van der Waals surface area contributed by atoms with Gasteiger partial charge in [-0.3, -0.25) is 9.78 Å². The zero-order chi connectivity index (χ0) is 9.80. The van der Waals surface area contributed by atoms with Crippen molar-refractivity contribution in [1.82, 2.24) is 10.1 Å². The normalized spacial score (nSPS) is 9.71. The summed E-state index contributed by atoms with van der Waals surface area (Å²) in [5.41, 5.74) is 1.20. The lowest BCUT2D eigenvalue weighted by atomic mass is 10.2. The topological polar surface area (TPSA) is 65.2 Å². The Labute approximate surface area is 79.3 Å². The molecule has 5 heteroatoms. The number of nitrogens with zero attached hydrogens (tertiary/aromatic N) is 2. The molecule has 0 saturated heterocycles. The molecule has 2 rings (SSSR count). The zero-order valence-corrected chi connectivity index (χ0v) is 7.08. The molecule has 0 spiro atoms. The highest BCUT2D eigenvalue weighted by Gasteiger charge is 2.10. The van der Waals surface area contributed by atoms with Crippen molar-refractivity contribution >= 4 is 6.47 Å². The third-order valence-electron chi connectivity index (χ3n) is 1.65. The van der Waals surface area contributed by atoms with E-state index in [1.807, 2.05) is 0 Å². The molecule has 2 aromatic rings. The maximum Gasteiger partial charge on any atom is 0.298 e. The summed E-state index contributed by atoms with van der Waals surface area (Å²) >= 11 is 0. The molecule has 0 amide bonds. The highest BCUT2D eigenvalue weighted by molar-refractivity contribution is 5.66. The van der Waals surface area contributed by atoms with Gasteiger partial charge in [0.15, 0.2) is 17.7 Å². The van der Waals surface area contributed by atoms with Crippen LogP contribution in [0.4, 0.5) is 0 Å². The van der Waals surface area contributed by atoms with Gasteiger partial charge in [-0.05, 0) is 12.1 Å². The number of aromatic nitrogens is 2. The molecule has 0 unspecified atom stereocenters. The van der Waals surface area contributed by atoms with Crippen molar-refractivity contribution in [2.24, 2.45) is 0 Å². The first-order valence-corrected chi connectivity index (χ1v) is 3.87. The molecule has 0 N–H and O–H groups in total. The number of ether oxygens (including phenoxy) is 1. The molecule has 70 valence electrons. The minimum Gasteiger partial charge on any atom is -0.423 e. The molecule has 2 aromatic heterocycles. The van der Waals surface area contributed by atoms with Crippen LogP contribution in [0.15, 0.2) is 35.3 Å². The molecule has 0 aliphatic heterocycles. The molecule has 0 aliphatic rings. The van der Waals surface area contributed by atoms with Gasteiger partial charge in [0.1, 0.15) is 0 Å². The van der Waals surface area contributed by atoms with Crippen molar-refractivity contribution in [3.63, 3.8) is 0 Å². The molecule has 0 bridgehead atoms. The van der Waals surface area contributed by atoms with E-state index in [9.17, 15) is 4.79 Å². The van der Waals surface area contributed by atoms with Crippen LogP contribution in [0.2, 0.25) is 0 Å². The summed E-state index contributed by atoms with van der Waals surface area (Å²) in [7, 11) is 0. The Hall–Kier alpha value is -2.17. The minimum atomic E-state index is 0.285. The molecular formula is C9H6N2O3. The third kappa shape index (κ3) is 1.47. The van der Waals surface area contributed by atoms with Gasteiger partial charge in [0.05, 0.1) is 0 Å². The summed E-state index contributed by atoms with van der Waals surface area (Å²) < 4.78 is 9.36. The first-order chi connectivity index (χ1) is 6.92. The van der Waals surface area contributed by atoms with Gasteiger partial charge in [0.2, 0.25) is 0 Å². The Balaban J connectivity index is 2.41. The summed E-state index contributed by atoms with van der Waals surface area (Å²) in [4.78, 5) is 14.1. The van der Waals surface area contributed by atoms with Crippen LogP contribution < -0.4 is 4.74 Å². The lowest BCUT2D eigenvalue weighted by Crippen LogP contribution is -1.89. The van der Waals surface area contributed by atoms with Gasteiger partial charge >= 0.3 is 0 Å². The highest BCUT2D eigenvalue weighted by atomic mass is 16.5. The molecule has 14 heavy (non-hydrogen) atoms. The van der Waals surface area contributed by atoms with E-state index < -0.39 is 0 Å². The average molecular weight is 190 g/mol. The predicted molar refractivity (Wildman–Crippen MR) is 46.4 cm³/mol. The fourth-order valence-corrected chi connectivity index (χ4v) is 1.06. The van der Waals surface area contributed by atoms with Gasteiger partial charge in [0, 0.05) is 18.0 Å². The SMILES string of the molecule is O=COc1conc1-c1cccnc1. The van der Waals surface area contributed by atoms with E-state index in [0.717, 1.165) is 5.56 Å². The van der Waals surface area contributed by atoms with Crippen LogP contribution in [0.25, 0.3) is 11.3 Å². The first kappa shape index (κ1) is 8.43. The molecule has 2 heterocycles. The fraction of sp³-hybridized carbons (Fsp3) is 0. The lowest BCUT2D eigenvalue weighted by Gasteiger charge is -1.96. The average Bonchev–Trinajstić information content (AvgIpc) is 2.68. The van der Waals surface area contributed by atoms with Crippen LogP contribution in [-0.2, 0) is 4.79 Å². The van der Waals surface area contributed by atoms with E-state index in [1.165, 1.54) is 6.26 Å². The summed E-state index contributed by atoms with van der Waals surface area (Å²) in [6, 6.07) is 3.55. The van der Waals surface area contributed by atoms with E-state index in [-0.39, 0.29) is 5.75 Å². The smallest absolute Gasteiger partial charge is 0.298 e. The molecule has 5 nitrogen and oxygen atoms in total. The van der Waals surface area contributed by atoms with Crippen molar-refractivity contribution in [3.8, 4) is 17.0 Å². The van der Waals surface area contributed by atoms with Crippen molar-refractivity contribution in [3.05, 3.63) is 30.8 Å². The monoisotopic (exact) mass is 190 g/mol. The molecule has 0 fully saturated rings. The highest BCUT2D eigenvalue weighted by Crippen LogP contribution is 2.26. The van der Waals surface area contributed by atoms with E-state index in [2.05, 4.69) is 14.9 Å². The second kappa shape index (κ2) is 3.69. The second-order valence-corrected chi connectivity index (χ2v) is 2.48. The number of pyridine rings is 1. The van der Waals surface area contributed by atoms with Gasteiger partial charge in [0.25, 0.3) is 6.47 Å². The third-order valence-corrected chi connectivity index (χ3v) is 1.65. The Kier molecular flexibility index (Phi) is 2.22. The number of rotatable bonds is 3. The van der Waals surface area contributed by atoms with Crippen LogP contribution in [-0.4, -0.2) is 16.6 Å². The number of carbonyl (C=O) groups excluding carboxylic acids is 1. The second-order valence-electron chi connectivity index (χ2n) is 2.48. The largest absolute Gasteiger partial charge is 0.423 e. The minimum absolute atomic E-state index is 0.285. The molecule has 0 atom stereocenters. The zero-order valence-electron chi connectivity index (χ0n) is 7.08. The Morgan fingerprint density at radius 1 is 1.50 bits per heavy atom. The standard InChI is InChI=1S/C9H6N2O3/c12-6-13-8-5-14-11-9(8)7-2-1-3-10-4-7/h1-6H. The number of hydrogen-bond donors (Lipinski definition) is 0. The van der Waals surface area contributed by atoms with E-state index >= 15 is 0 Å². The number of hydrogen-bond acceptors (Lipinski definition) is 5. The van der Waals surface area contributed by atoms with Gasteiger partial charge in [-0.1, -0.05) is 5.16 Å². The van der Waals surface area contributed by atoms with Crippen molar-refractivity contribution in [1.29, 1.82) is 0 Å². The Bertz CT molecular complexity index is 425. The Morgan fingerprint density at radius 2 is 2.43 bits per heavy atom. The van der Waals surface area contributed by atoms with Gasteiger partial charge in [-0.15, -0.1) is 0 Å². The molecule has 0 saturated carbocycles. The first-order valence-electron chi connectivity index (χ1n) is 3.87. The summed E-state index contributed by atoms with van der Waals surface area (Å²) in [5.74, 6) is 0.285. The van der Waals surface area contributed by atoms with Gasteiger partial charge in [-0.25, -0.2) is 0 Å².